The van der Waals surface area contributed by atoms with Crippen molar-refractivity contribution < 1.29 is 14.5 Å². The van der Waals surface area contributed by atoms with E-state index in [1.54, 1.807) is 17.0 Å². The molecule has 7 heteroatoms. The van der Waals surface area contributed by atoms with Crippen LogP contribution in [0.3, 0.4) is 0 Å². The number of carbonyl (C=O) groups excluding carboxylic acids is 1. The van der Waals surface area contributed by atoms with E-state index in [0.717, 1.165) is 12.8 Å². The van der Waals surface area contributed by atoms with Gasteiger partial charge in [0.15, 0.2) is 0 Å². The number of nitrogens with one attached hydrogen (secondary N) is 1. The number of nitrogens with zero attached hydrogens (tertiary/aromatic N) is 2. The number of carbonyl (C=O) groups is 1. The predicted molar refractivity (Wildman–Crippen MR) is 87.3 cm³/mol. The van der Waals surface area contributed by atoms with Crippen molar-refractivity contribution in [3.63, 3.8) is 0 Å². The van der Waals surface area contributed by atoms with Crippen molar-refractivity contribution in [1.29, 1.82) is 0 Å². The fourth-order valence-corrected chi connectivity index (χ4v) is 2.32. The van der Waals surface area contributed by atoms with Crippen LogP contribution < -0.4 is 10.2 Å². The summed E-state index contributed by atoms with van der Waals surface area (Å²) in [4.78, 5) is 24.3. The molecule has 0 radical (unpaired) electrons. The Labute approximate surface area is 135 Å². The zero-order valence-corrected chi connectivity index (χ0v) is 13.2. The molecular formula is C16H21N3O4. The van der Waals surface area contributed by atoms with E-state index in [-0.39, 0.29) is 11.6 Å². The van der Waals surface area contributed by atoms with Crippen LogP contribution in [0.5, 0.6) is 0 Å². The highest BCUT2D eigenvalue weighted by Gasteiger charge is 2.23. The Morgan fingerprint density at radius 1 is 1.30 bits per heavy atom. The summed E-state index contributed by atoms with van der Waals surface area (Å²) in [5, 5.41) is 13.8. The first kappa shape index (κ1) is 17.0. The summed E-state index contributed by atoms with van der Waals surface area (Å²) in [6, 6.07) is 6.02. The lowest BCUT2D eigenvalue weighted by atomic mass is 10.1. The smallest absolute Gasteiger partial charge is 0.274 e. The summed E-state index contributed by atoms with van der Waals surface area (Å²) in [5.74, 6) is -0.124. The highest BCUT2D eigenvalue weighted by molar-refractivity contribution is 6.06. The molecule has 0 saturated carbocycles. The van der Waals surface area contributed by atoms with Crippen LogP contribution in [0.1, 0.15) is 19.8 Å². The van der Waals surface area contributed by atoms with Gasteiger partial charge >= 0.3 is 0 Å². The van der Waals surface area contributed by atoms with Gasteiger partial charge in [-0.1, -0.05) is 13.0 Å². The molecule has 1 N–H and O–H groups in total. The molecule has 1 aromatic rings. The molecule has 0 atom stereocenters. The van der Waals surface area contributed by atoms with E-state index in [0.29, 0.717) is 37.7 Å². The fourth-order valence-electron chi connectivity index (χ4n) is 2.32. The van der Waals surface area contributed by atoms with Gasteiger partial charge in [0.05, 0.1) is 17.2 Å². The van der Waals surface area contributed by atoms with Gasteiger partial charge in [-0.3, -0.25) is 14.9 Å². The first-order valence-electron chi connectivity index (χ1n) is 7.71. The second-order valence-electron chi connectivity index (χ2n) is 5.18. The molecule has 0 aromatic heterocycles. The molecule has 1 aliphatic heterocycles. The van der Waals surface area contributed by atoms with E-state index in [2.05, 4.69) is 5.32 Å². The summed E-state index contributed by atoms with van der Waals surface area (Å²) in [6.07, 6.45) is 3.58. The number of hydrogen-bond donors (Lipinski definition) is 1. The van der Waals surface area contributed by atoms with Crippen molar-refractivity contribution in [2.24, 2.45) is 0 Å². The molecule has 0 saturated heterocycles. The highest BCUT2D eigenvalue weighted by atomic mass is 16.6. The van der Waals surface area contributed by atoms with Crippen molar-refractivity contribution in [2.75, 3.05) is 31.2 Å². The lowest BCUT2D eigenvalue weighted by Crippen LogP contribution is -2.40. The first-order chi connectivity index (χ1) is 11.1. The first-order valence-corrected chi connectivity index (χ1v) is 7.71. The van der Waals surface area contributed by atoms with Crippen molar-refractivity contribution in [3.8, 4) is 0 Å². The summed E-state index contributed by atoms with van der Waals surface area (Å²) < 4.78 is 5.38. The second-order valence-corrected chi connectivity index (χ2v) is 5.18. The lowest BCUT2D eigenvalue weighted by molar-refractivity contribution is -0.384. The number of rotatable bonds is 8. The van der Waals surface area contributed by atoms with E-state index in [1.165, 1.54) is 12.1 Å². The molecule has 0 unspecified atom stereocenters. The van der Waals surface area contributed by atoms with Crippen LogP contribution in [0.4, 0.5) is 11.4 Å². The molecule has 23 heavy (non-hydrogen) atoms. The number of ether oxygens (including phenoxy) is 1. The Bertz CT molecular complexity index is 583. The second kappa shape index (κ2) is 8.28. The number of hydrogen-bond acceptors (Lipinski definition) is 5. The molecule has 2 rings (SSSR count). The maximum atomic E-state index is 12.5. The average Bonchev–Trinajstić information content (AvgIpc) is 2.56. The van der Waals surface area contributed by atoms with Gasteiger partial charge in [-0.25, -0.2) is 0 Å². The number of non-ortho nitro benzene ring substituents is 1. The Hall–Kier alpha value is -2.41. The monoisotopic (exact) mass is 319 g/mol. The molecule has 124 valence electrons. The fraction of sp³-hybridized carbons (Fsp3) is 0.438. The van der Waals surface area contributed by atoms with E-state index in [4.69, 9.17) is 4.74 Å². The minimum Gasteiger partial charge on any atom is -0.380 e. The minimum atomic E-state index is -0.453. The molecule has 0 aliphatic carbocycles. The van der Waals surface area contributed by atoms with Gasteiger partial charge in [-0.05, 0) is 25.0 Å². The zero-order valence-electron chi connectivity index (χ0n) is 13.2. The quantitative estimate of drug-likeness (QED) is 0.451. The number of nitro groups is 1. The van der Waals surface area contributed by atoms with Crippen molar-refractivity contribution in [1.82, 2.24) is 5.32 Å². The van der Waals surface area contributed by atoms with Crippen LogP contribution in [0.15, 0.2) is 36.0 Å². The minimum absolute atomic E-state index is 0.0140. The van der Waals surface area contributed by atoms with Gasteiger partial charge in [0.25, 0.3) is 11.6 Å². The maximum absolute atomic E-state index is 12.5. The molecular weight excluding hydrogens is 298 g/mol. The van der Waals surface area contributed by atoms with Gasteiger partial charge in [-0.15, -0.1) is 0 Å². The van der Waals surface area contributed by atoms with Crippen molar-refractivity contribution in [2.45, 2.75) is 19.8 Å². The summed E-state index contributed by atoms with van der Waals surface area (Å²) in [7, 11) is 0. The van der Waals surface area contributed by atoms with Crippen LogP contribution in [-0.2, 0) is 9.53 Å². The summed E-state index contributed by atoms with van der Waals surface area (Å²) in [6.45, 7) is 4.45. The molecule has 7 nitrogen and oxygen atoms in total. The molecule has 0 bridgehead atoms. The Balaban J connectivity index is 1.95. The third-order valence-corrected chi connectivity index (χ3v) is 3.46. The molecule has 0 spiro atoms. The average molecular weight is 319 g/mol. The third kappa shape index (κ3) is 4.53. The van der Waals surface area contributed by atoms with Gasteiger partial charge < -0.3 is 15.0 Å². The number of benzene rings is 1. The Morgan fingerprint density at radius 2 is 2.04 bits per heavy atom. The third-order valence-electron chi connectivity index (χ3n) is 3.46. The zero-order chi connectivity index (χ0) is 16.7. The van der Waals surface area contributed by atoms with Crippen LogP contribution >= 0.6 is 0 Å². The van der Waals surface area contributed by atoms with E-state index < -0.39 is 4.92 Å². The van der Waals surface area contributed by atoms with Crippen LogP contribution in [-0.4, -0.2) is 37.1 Å². The standard InChI is InChI=1S/C16H21N3O4/c1-2-11-23-12-9-17-15-4-3-10-18(16(15)20)13-5-7-14(8-6-13)19(21)22/h4-8,17H,2-3,9-12H2,1H3. The Morgan fingerprint density at radius 3 is 2.70 bits per heavy atom. The number of nitro benzene ring substituents is 1. The maximum Gasteiger partial charge on any atom is 0.274 e. The van der Waals surface area contributed by atoms with Gasteiger partial charge in [0.2, 0.25) is 0 Å². The topological polar surface area (TPSA) is 84.7 Å². The molecule has 0 fully saturated rings. The number of amides is 1. The van der Waals surface area contributed by atoms with Gasteiger partial charge in [0, 0.05) is 37.5 Å². The largest absolute Gasteiger partial charge is 0.380 e. The molecule has 1 aliphatic rings. The van der Waals surface area contributed by atoms with Crippen LogP contribution in [0.2, 0.25) is 0 Å². The van der Waals surface area contributed by atoms with Crippen molar-refractivity contribution >= 4 is 17.3 Å². The molecule has 1 aromatic carbocycles. The molecule has 1 heterocycles. The molecule has 1 amide bonds. The van der Waals surface area contributed by atoms with Crippen LogP contribution in [0.25, 0.3) is 0 Å². The van der Waals surface area contributed by atoms with E-state index >= 15 is 0 Å². The Kier molecular flexibility index (Phi) is 6.10. The highest BCUT2D eigenvalue weighted by Crippen LogP contribution is 2.23. The number of anilines is 1. The summed E-state index contributed by atoms with van der Waals surface area (Å²) in [5.41, 5.74) is 1.23. The van der Waals surface area contributed by atoms with Crippen molar-refractivity contribution in [3.05, 3.63) is 46.2 Å². The van der Waals surface area contributed by atoms with E-state index in [1.807, 2.05) is 13.0 Å². The SMILES string of the molecule is CCCOCCNC1=CCCN(c2ccc([N+](=O)[O-])cc2)C1=O. The van der Waals surface area contributed by atoms with Gasteiger partial charge in [-0.2, -0.15) is 0 Å². The van der Waals surface area contributed by atoms with Gasteiger partial charge in [0.1, 0.15) is 0 Å². The predicted octanol–water partition coefficient (Wildman–Crippen LogP) is 2.23. The normalized spacial score (nSPS) is 14.6. The summed E-state index contributed by atoms with van der Waals surface area (Å²) >= 11 is 0. The van der Waals surface area contributed by atoms with E-state index in [9.17, 15) is 14.9 Å². The lowest BCUT2D eigenvalue weighted by Gasteiger charge is -2.27. The van der Waals surface area contributed by atoms with Crippen LogP contribution in [0, 0.1) is 10.1 Å².